The van der Waals surface area contributed by atoms with Gasteiger partial charge in [0, 0.05) is 11.0 Å². The summed E-state index contributed by atoms with van der Waals surface area (Å²) in [6.45, 7) is 2.18. The predicted octanol–water partition coefficient (Wildman–Crippen LogP) is 3.67. The molecule has 1 aromatic carbocycles. The van der Waals surface area contributed by atoms with E-state index in [1.807, 2.05) is 4.90 Å². The van der Waals surface area contributed by atoms with E-state index in [1.54, 1.807) is 12.1 Å². The summed E-state index contributed by atoms with van der Waals surface area (Å²) >= 11 is 3.07. The first kappa shape index (κ1) is 11.9. The minimum atomic E-state index is -4.27. The van der Waals surface area contributed by atoms with Gasteiger partial charge >= 0.3 is 6.18 Å². The molecule has 1 aromatic rings. The number of halogens is 4. The Morgan fingerprint density at radius 2 is 1.94 bits per heavy atom. The fraction of sp³-hybridized carbons (Fsp3) is 0.455. The van der Waals surface area contributed by atoms with Gasteiger partial charge in [0.05, 0.1) is 5.56 Å². The maximum Gasteiger partial charge on any atom is 0.416 e. The predicted molar refractivity (Wildman–Crippen MR) is 59.0 cm³/mol. The van der Waals surface area contributed by atoms with Crippen LogP contribution < -0.4 is 0 Å². The molecular formula is C11H11BrF3N. The van der Waals surface area contributed by atoms with Crippen LogP contribution in [0.25, 0.3) is 0 Å². The van der Waals surface area contributed by atoms with Crippen LogP contribution in [0.3, 0.4) is 0 Å². The SMILES string of the molecule is FC(F)(F)c1cc(Br)ccc1CN1CCC1. The van der Waals surface area contributed by atoms with Crippen molar-refractivity contribution in [1.82, 2.24) is 4.90 Å². The van der Waals surface area contributed by atoms with Crippen LogP contribution >= 0.6 is 15.9 Å². The first-order chi connectivity index (χ1) is 7.47. The molecule has 1 heterocycles. The second-order valence-corrected chi connectivity index (χ2v) is 4.84. The Kier molecular flexibility index (Phi) is 3.26. The molecule has 0 unspecified atom stereocenters. The molecule has 0 aromatic heterocycles. The van der Waals surface area contributed by atoms with Crippen LogP contribution in [0.1, 0.15) is 17.5 Å². The van der Waals surface area contributed by atoms with Crippen molar-refractivity contribution in [1.29, 1.82) is 0 Å². The van der Waals surface area contributed by atoms with Crippen LogP contribution in [0.5, 0.6) is 0 Å². The summed E-state index contributed by atoms with van der Waals surface area (Å²) in [6, 6.07) is 4.35. The lowest BCUT2D eigenvalue weighted by Crippen LogP contribution is -2.36. The Labute approximate surface area is 100 Å². The standard InChI is InChI=1S/C11H11BrF3N/c12-9-3-2-8(7-16-4-1-5-16)10(6-9)11(13,14)15/h2-3,6H,1,4-5,7H2. The molecule has 1 nitrogen and oxygen atoms in total. The lowest BCUT2D eigenvalue weighted by atomic mass is 10.1. The zero-order valence-corrected chi connectivity index (χ0v) is 10.1. The molecule has 0 atom stereocenters. The van der Waals surface area contributed by atoms with Gasteiger partial charge in [0.2, 0.25) is 0 Å². The lowest BCUT2D eigenvalue weighted by Gasteiger charge is -2.31. The van der Waals surface area contributed by atoms with Crippen molar-refractivity contribution in [2.24, 2.45) is 0 Å². The largest absolute Gasteiger partial charge is 0.416 e. The maximum atomic E-state index is 12.8. The van der Waals surface area contributed by atoms with E-state index in [0.29, 0.717) is 16.6 Å². The number of rotatable bonds is 2. The van der Waals surface area contributed by atoms with Crippen LogP contribution in [0.15, 0.2) is 22.7 Å². The van der Waals surface area contributed by atoms with E-state index in [2.05, 4.69) is 15.9 Å². The highest BCUT2D eigenvalue weighted by Gasteiger charge is 2.34. The fourth-order valence-electron chi connectivity index (χ4n) is 1.73. The van der Waals surface area contributed by atoms with Crippen molar-refractivity contribution in [2.45, 2.75) is 19.1 Å². The highest BCUT2D eigenvalue weighted by Crippen LogP contribution is 2.34. The average Bonchev–Trinajstić information content (AvgIpc) is 2.11. The molecule has 16 heavy (non-hydrogen) atoms. The van der Waals surface area contributed by atoms with Gasteiger partial charge in [-0.2, -0.15) is 13.2 Å². The van der Waals surface area contributed by atoms with Gasteiger partial charge in [-0.3, -0.25) is 4.90 Å². The van der Waals surface area contributed by atoms with Crippen molar-refractivity contribution >= 4 is 15.9 Å². The number of hydrogen-bond acceptors (Lipinski definition) is 1. The van der Waals surface area contributed by atoms with Crippen LogP contribution in [-0.4, -0.2) is 18.0 Å². The molecule has 0 amide bonds. The highest BCUT2D eigenvalue weighted by molar-refractivity contribution is 9.10. The third-order valence-electron chi connectivity index (χ3n) is 2.72. The Morgan fingerprint density at radius 3 is 2.44 bits per heavy atom. The summed E-state index contributed by atoms with van der Waals surface area (Å²) < 4.78 is 38.7. The first-order valence-corrected chi connectivity index (χ1v) is 5.84. The number of likely N-dealkylation sites (tertiary alicyclic amines) is 1. The Hall–Kier alpha value is -0.550. The van der Waals surface area contributed by atoms with Crippen molar-refractivity contribution in [3.05, 3.63) is 33.8 Å². The molecule has 1 saturated heterocycles. The van der Waals surface area contributed by atoms with Gasteiger partial charge in [-0.1, -0.05) is 22.0 Å². The van der Waals surface area contributed by atoms with Crippen molar-refractivity contribution in [2.75, 3.05) is 13.1 Å². The molecular weight excluding hydrogens is 283 g/mol. The molecule has 5 heteroatoms. The molecule has 2 rings (SSSR count). The van der Waals surface area contributed by atoms with Crippen LogP contribution in [0.4, 0.5) is 13.2 Å². The van der Waals surface area contributed by atoms with E-state index in [9.17, 15) is 13.2 Å². The van der Waals surface area contributed by atoms with Gasteiger partial charge < -0.3 is 0 Å². The van der Waals surface area contributed by atoms with E-state index in [-0.39, 0.29) is 0 Å². The monoisotopic (exact) mass is 293 g/mol. The van der Waals surface area contributed by atoms with E-state index in [1.165, 1.54) is 0 Å². The van der Waals surface area contributed by atoms with E-state index >= 15 is 0 Å². The van der Waals surface area contributed by atoms with E-state index < -0.39 is 11.7 Å². The van der Waals surface area contributed by atoms with Gasteiger partial charge in [0.25, 0.3) is 0 Å². The molecule has 0 N–H and O–H groups in total. The van der Waals surface area contributed by atoms with Gasteiger partial charge in [-0.05, 0) is 37.2 Å². The number of benzene rings is 1. The molecule has 0 bridgehead atoms. The summed E-state index contributed by atoms with van der Waals surface area (Å²) in [4.78, 5) is 2.01. The molecule has 0 saturated carbocycles. The Bertz CT molecular complexity index is 385. The lowest BCUT2D eigenvalue weighted by molar-refractivity contribution is -0.138. The van der Waals surface area contributed by atoms with E-state index in [4.69, 9.17) is 0 Å². The van der Waals surface area contributed by atoms with Crippen molar-refractivity contribution in [3.8, 4) is 0 Å². The Balaban J connectivity index is 2.28. The highest BCUT2D eigenvalue weighted by atomic mass is 79.9. The zero-order chi connectivity index (χ0) is 11.8. The summed E-state index contributed by atoms with van der Waals surface area (Å²) in [6.07, 6.45) is -3.19. The number of hydrogen-bond donors (Lipinski definition) is 0. The first-order valence-electron chi connectivity index (χ1n) is 5.05. The molecule has 0 spiro atoms. The van der Waals surface area contributed by atoms with Gasteiger partial charge in [0.1, 0.15) is 0 Å². The topological polar surface area (TPSA) is 3.24 Å². The summed E-state index contributed by atoms with van der Waals surface area (Å²) in [7, 11) is 0. The third kappa shape index (κ3) is 2.58. The van der Waals surface area contributed by atoms with Crippen molar-refractivity contribution in [3.63, 3.8) is 0 Å². The molecule has 0 aliphatic carbocycles. The molecule has 88 valence electrons. The average molecular weight is 294 g/mol. The van der Waals surface area contributed by atoms with Gasteiger partial charge in [-0.25, -0.2) is 0 Å². The number of nitrogens with zero attached hydrogens (tertiary/aromatic N) is 1. The summed E-state index contributed by atoms with van der Waals surface area (Å²) in [5.41, 5.74) is -0.177. The normalized spacial score (nSPS) is 17.2. The molecule has 1 fully saturated rings. The van der Waals surface area contributed by atoms with Crippen LogP contribution in [0, 0.1) is 0 Å². The second kappa shape index (κ2) is 4.37. The molecule has 1 aliphatic rings. The number of alkyl halides is 3. The molecule has 0 radical (unpaired) electrons. The van der Waals surface area contributed by atoms with Gasteiger partial charge in [-0.15, -0.1) is 0 Å². The van der Waals surface area contributed by atoms with Crippen LogP contribution in [-0.2, 0) is 12.7 Å². The quantitative estimate of drug-likeness (QED) is 0.804. The minimum Gasteiger partial charge on any atom is -0.299 e. The fourth-order valence-corrected chi connectivity index (χ4v) is 2.09. The molecule has 1 aliphatic heterocycles. The zero-order valence-electron chi connectivity index (χ0n) is 8.52. The smallest absolute Gasteiger partial charge is 0.299 e. The van der Waals surface area contributed by atoms with Gasteiger partial charge in [0.15, 0.2) is 0 Å². The third-order valence-corrected chi connectivity index (χ3v) is 3.21. The van der Waals surface area contributed by atoms with E-state index in [0.717, 1.165) is 25.6 Å². The van der Waals surface area contributed by atoms with Crippen molar-refractivity contribution < 1.29 is 13.2 Å². The second-order valence-electron chi connectivity index (χ2n) is 3.93. The Morgan fingerprint density at radius 1 is 1.25 bits per heavy atom. The van der Waals surface area contributed by atoms with Crippen LogP contribution in [0.2, 0.25) is 0 Å². The summed E-state index contributed by atoms with van der Waals surface area (Å²) in [5, 5.41) is 0. The maximum absolute atomic E-state index is 12.8. The summed E-state index contributed by atoms with van der Waals surface area (Å²) in [5.74, 6) is 0. The minimum absolute atomic E-state index is 0.357.